The van der Waals surface area contributed by atoms with Crippen LogP contribution >= 0.6 is 0 Å². The van der Waals surface area contributed by atoms with Crippen LogP contribution in [0.3, 0.4) is 0 Å². The molecule has 132 valence electrons. The fourth-order valence-electron chi connectivity index (χ4n) is 3.58. The molecular formula is C19H28N2O3. The van der Waals surface area contributed by atoms with Gasteiger partial charge in [0.2, 0.25) is 0 Å². The Kier molecular flexibility index (Phi) is 5.74. The maximum Gasteiger partial charge on any atom is 0.251 e. The predicted molar refractivity (Wildman–Crippen MR) is 93.6 cm³/mol. The van der Waals surface area contributed by atoms with Gasteiger partial charge in [0.25, 0.3) is 5.91 Å². The van der Waals surface area contributed by atoms with Crippen molar-refractivity contribution in [3.8, 4) is 5.75 Å². The van der Waals surface area contributed by atoms with Gasteiger partial charge in [0, 0.05) is 37.8 Å². The van der Waals surface area contributed by atoms with E-state index in [1.54, 1.807) is 7.11 Å². The first-order valence-corrected chi connectivity index (χ1v) is 8.91. The predicted octanol–water partition coefficient (Wildman–Crippen LogP) is 2.23. The van der Waals surface area contributed by atoms with Crippen molar-refractivity contribution in [1.82, 2.24) is 10.2 Å². The van der Waals surface area contributed by atoms with Gasteiger partial charge in [-0.2, -0.15) is 0 Å². The Labute approximate surface area is 144 Å². The molecule has 0 saturated carbocycles. The van der Waals surface area contributed by atoms with Gasteiger partial charge in [-0.05, 0) is 49.8 Å². The van der Waals surface area contributed by atoms with Crippen LogP contribution in [0.25, 0.3) is 0 Å². The molecular weight excluding hydrogens is 304 g/mol. The van der Waals surface area contributed by atoms with Gasteiger partial charge in [-0.15, -0.1) is 0 Å². The van der Waals surface area contributed by atoms with E-state index in [4.69, 9.17) is 9.47 Å². The monoisotopic (exact) mass is 332 g/mol. The minimum Gasteiger partial charge on any atom is -0.496 e. The van der Waals surface area contributed by atoms with E-state index in [1.165, 1.54) is 6.42 Å². The Morgan fingerprint density at radius 1 is 1.33 bits per heavy atom. The fraction of sp³-hybridized carbons (Fsp3) is 0.632. The first-order chi connectivity index (χ1) is 11.7. The number of hydrogen-bond donors (Lipinski definition) is 1. The molecule has 1 aromatic rings. The standard InChI is InChI=1S/C19H28N2O3/c1-14-3-4-16(11-18(14)23-2)19(22)20-17-5-8-21(9-6-17)12-15-7-10-24-13-15/h3-4,11,15,17H,5-10,12-13H2,1-2H3,(H,20,22). The van der Waals surface area contributed by atoms with Crippen molar-refractivity contribution in [1.29, 1.82) is 0 Å². The van der Waals surface area contributed by atoms with E-state index in [1.807, 2.05) is 25.1 Å². The van der Waals surface area contributed by atoms with E-state index in [-0.39, 0.29) is 11.9 Å². The number of nitrogens with zero attached hydrogens (tertiary/aromatic N) is 1. The number of amides is 1. The van der Waals surface area contributed by atoms with Crippen LogP contribution in [0, 0.1) is 12.8 Å². The minimum atomic E-state index is -0.00376. The highest BCUT2D eigenvalue weighted by atomic mass is 16.5. The molecule has 0 bridgehead atoms. The Bertz CT molecular complexity index is 562. The highest BCUT2D eigenvalue weighted by Crippen LogP contribution is 2.20. The third-order valence-electron chi connectivity index (χ3n) is 5.13. The van der Waals surface area contributed by atoms with Crippen molar-refractivity contribution >= 4 is 5.91 Å². The largest absolute Gasteiger partial charge is 0.496 e. The summed E-state index contributed by atoms with van der Waals surface area (Å²) in [5.41, 5.74) is 1.71. The number of likely N-dealkylation sites (tertiary alicyclic amines) is 1. The fourth-order valence-corrected chi connectivity index (χ4v) is 3.58. The van der Waals surface area contributed by atoms with Crippen LogP contribution in [0.15, 0.2) is 18.2 Å². The molecule has 1 atom stereocenters. The van der Waals surface area contributed by atoms with Crippen LogP contribution in [0.2, 0.25) is 0 Å². The summed E-state index contributed by atoms with van der Waals surface area (Å²) in [6.45, 7) is 7.04. The zero-order valence-corrected chi connectivity index (χ0v) is 14.7. The van der Waals surface area contributed by atoms with E-state index in [0.717, 1.165) is 57.0 Å². The number of carbonyl (C=O) groups excluding carboxylic acids is 1. The number of piperidine rings is 1. The summed E-state index contributed by atoms with van der Waals surface area (Å²) in [6.07, 6.45) is 3.22. The summed E-state index contributed by atoms with van der Waals surface area (Å²) in [5.74, 6) is 1.45. The number of methoxy groups -OCH3 is 1. The number of ether oxygens (including phenoxy) is 2. The van der Waals surface area contributed by atoms with Crippen LogP contribution < -0.4 is 10.1 Å². The van der Waals surface area contributed by atoms with E-state index < -0.39 is 0 Å². The van der Waals surface area contributed by atoms with Gasteiger partial charge in [0.05, 0.1) is 13.7 Å². The van der Waals surface area contributed by atoms with E-state index >= 15 is 0 Å². The number of carbonyl (C=O) groups is 1. The van der Waals surface area contributed by atoms with Gasteiger partial charge in [0.1, 0.15) is 5.75 Å². The molecule has 0 aliphatic carbocycles. The molecule has 2 saturated heterocycles. The minimum absolute atomic E-state index is 0.00376. The topological polar surface area (TPSA) is 50.8 Å². The lowest BCUT2D eigenvalue weighted by molar-refractivity contribution is 0.0903. The van der Waals surface area contributed by atoms with Crippen molar-refractivity contribution in [3.05, 3.63) is 29.3 Å². The van der Waals surface area contributed by atoms with Gasteiger partial charge in [-0.1, -0.05) is 6.07 Å². The molecule has 2 aliphatic rings. The second-order valence-corrected chi connectivity index (χ2v) is 6.96. The number of hydrogen-bond acceptors (Lipinski definition) is 4. The normalized spacial score (nSPS) is 22.5. The van der Waals surface area contributed by atoms with Crippen molar-refractivity contribution in [2.75, 3.05) is 40.0 Å². The van der Waals surface area contributed by atoms with Gasteiger partial charge in [0.15, 0.2) is 0 Å². The summed E-state index contributed by atoms with van der Waals surface area (Å²) in [4.78, 5) is 15.0. The summed E-state index contributed by atoms with van der Waals surface area (Å²) >= 11 is 0. The van der Waals surface area contributed by atoms with E-state index in [0.29, 0.717) is 11.5 Å². The lowest BCUT2D eigenvalue weighted by atomic mass is 10.0. The van der Waals surface area contributed by atoms with Crippen LogP contribution in [0.1, 0.15) is 35.2 Å². The molecule has 5 nitrogen and oxygen atoms in total. The second kappa shape index (κ2) is 7.99. The maximum absolute atomic E-state index is 12.5. The molecule has 2 aliphatic heterocycles. The second-order valence-electron chi connectivity index (χ2n) is 6.96. The van der Waals surface area contributed by atoms with Crippen LogP contribution in [-0.2, 0) is 4.74 Å². The lowest BCUT2D eigenvalue weighted by Gasteiger charge is -2.33. The third kappa shape index (κ3) is 4.28. The summed E-state index contributed by atoms with van der Waals surface area (Å²) < 4.78 is 10.8. The molecule has 1 amide bonds. The van der Waals surface area contributed by atoms with Crippen molar-refractivity contribution in [2.45, 2.75) is 32.2 Å². The van der Waals surface area contributed by atoms with Crippen LogP contribution in [0.5, 0.6) is 5.75 Å². The average Bonchev–Trinajstić information content (AvgIpc) is 3.10. The molecule has 24 heavy (non-hydrogen) atoms. The number of aryl methyl sites for hydroxylation is 1. The zero-order chi connectivity index (χ0) is 16.9. The highest BCUT2D eigenvalue weighted by molar-refractivity contribution is 5.94. The molecule has 1 unspecified atom stereocenters. The van der Waals surface area contributed by atoms with Gasteiger partial charge in [-0.25, -0.2) is 0 Å². The molecule has 0 radical (unpaired) electrons. The Morgan fingerprint density at radius 3 is 2.79 bits per heavy atom. The van der Waals surface area contributed by atoms with Gasteiger partial charge in [-0.3, -0.25) is 4.79 Å². The van der Waals surface area contributed by atoms with E-state index in [2.05, 4.69) is 10.2 Å². The van der Waals surface area contributed by atoms with Crippen LogP contribution in [-0.4, -0.2) is 56.8 Å². The number of nitrogens with one attached hydrogen (secondary N) is 1. The SMILES string of the molecule is COc1cc(C(=O)NC2CCN(CC3CCOC3)CC2)ccc1C. The number of benzene rings is 1. The number of rotatable bonds is 5. The molecule has 2 heterocycles. The molecule has 0 aromatic heterocycles. The van der Waals surface area contributed by atoms with Crippen molar-refractivity contribution in [2.24, 2.45) is 5.92 Å². The molecule has 1 N–H and O–H groups in total. The van der Waals surface area contributed by atoms with Crippen molar-refractivity contribution < 1.29 is 14.3 Å². The quantitative estimate of drug-likeness (QED) is 0.898. The Morgan fingerprint density at radius 2 is 2.12 bits per heavy atom. The molecule has 0 spiro atoms. The zero-order valence-electron chi connectivity index (χ0n) is 14.7. The molecule has 2 fully saturated rings. The molecule has 3 rings (SSSR count). The van der Waals surface area contributed by atoms with Crippen LogP contribution in [0.4, 0.5) is 0 Å². The Balaban J connectivity index is 1.47. The molecule has 5 heteroatoms. The first kappa shape index (κ1) is 17.2. The smallest absolute Gasteiger partial charge is 0.251 e. The van der Waals surface area contributed by atoms with Gasteiger partial charge < -0.3 is 19.7 Å². The van der Waals surface area contributed by atoms with E-state index in [9.17, 15) is 4.79 Å². The summed E-state index contributed by atoms with van der Waals surface area (Å²) in [5, 5.41) is 3.17. The highest BCUT2D eigenvalue weighted by Gasteiger charge is 2.24. The third-order valence-corrected chi connectivity index (χ3v) is 5.13. The molecule has 1 aromatic carbocycles. The summed E-state index contributed by atoms with van der Waals surface area (Å²) in [7, 11) is 1.63. The maximum atomic E-state index is 12.5. The summed E-state index contributed by atoms with van der Waals surface area (Å²) in [6, 6.07) is 5.88. The lowest BCUT2D eigenvalue weighted by Crippen LogP contribution is -2.45. The first-order valence-electron chi connectivity index (χ1n) is 8.91. The Hall–Kier alpha value is -1.59. The average molecular weight is 332 g/mol. The van der Waals surface area contributed by atoms with Crippen molar-refractivity contribution in [3.63, 3.8) is 0 Å². The van der Waals surface area contributed by atoms with Gasteiger partial charge >= 0.3 is 0 Å².